The first kappa shape index (κ1) is 22.6. The lowest BCUT2D eigenvalue weighted by molar-refractivity contribution is 0.385. The Morgan fingerprint density at radius 1 is 1.18 bits per heavy atom. The maximum atomic E-state index is 11.3. The SMILES string of the molecule is Cc1[nH]nc2cc(Nc3nc(N4CCC(CNCCS(C)(=O)=O)CC4)c4occc4n3)ccc12. The van der Waals surface area contributed by atoms with E-state index in [2.05, 4.69) is 30.7 Å². The van der Waals surface area contributed by atoms with Crippen molar-refractivity contribution >= 4 is 49.3 Å². The Morgan fingerprint density at radius 3 is 2.79 bits per heavy atom. The molecule has 0 aliphatic carbocycles. The van der Waals surface area contributed by atoms with E-state index in [1.807, 2.05) is 31.2 Å². The number of nitrogens with one attached hydrogen (secondary N) is 3. The standard InChI is InChI=1S/C23H29N7O3S/c1-15-18-4-3-17(13-20(18)29-28-15)25-23-26-19-7-11-33-21(19)22(27-23)30-9-5-16(6-10-30)14-24-8-12-34(2,31)32/h3-4,7,11,13,16,24H,5-6,8-10,12,14H2,1-2H3,(H,28,29)(H,25,26,27). The number of fused-ring (bicyclic) bond motifs is 2. The van der Waals surface area contributed by atoms with E-state index in [1.165, 1.54) is 6.26 Å². The first-order valence-corrected chi connectivity index (χ1v) is 13.5. The largest absolute Gasteiger partial charge is 0.459 e. The average molecular weight is 484 g/mol. The predicted molar refractivity (Wildman–Crippen MR) is 133 cm³/mol. The Balaban J connectivity index is 1.27. The van der Waals surface area contributed by atoms with Crippen LogP contribution in [0, 0.1) is 12.8 Å². The van der Waals surface area contributed by atoms with Crippen LogP contribution in [0.2, 0.25) is 0 Å². The van der Waals surface area contributed by atoms with Gasteiger partial charge in [0.1, 0.15) is 15.4 Å². The van der Waals surface area contributed by atoms with Crippen LogP contribution in [0.5, 0.6) is 0 Å². The van der Waals surface area contributed by atoms with Gasteiger partial charge in [0.05, 0.1) is 17.5 Å². The lowest BCUT2D eigenvalue weighted by Crippen LogP contribution is -2.38. The monoisotopic (exact) mass is 483 g/mol. The molecule has 4 heterocycles. The fourth-order valence-corrected chi connectivity index (χ4v) is 4.90. The minimum Gasteiger partial charge on any atom is -0.459 e. The van der Waals surface area contributed by atoms with Crippen LogP contribution >= 0.6 is 0 Å². The van der Waals surface area contributed by atoms with E-state index in [0.717, 1.165) is 66.1 Å². The van der Waals surface area contributed by atoms with Gasteiger partial charge in [-0.05, 0) is 50.4 Å². The summed E-state index contributed by atoms with van der Waals surface area (Å²) in [7, 11) is -2.93. The van der Waals surface area contributed by atoms with E-state index >= 15 is 0 Å². The van der Waals surface area contributed by atoms with Gasteiger partial charge in [0.2, 0.25) is 5.95 Å². The molecule has 11 heteroatoms. The molecule has 5 rings (SSSR count). The molecule has 1 aromatic carbocycles. The molecule has 1 aliphatic rings. The maximum Gasteiger partial charge on any atom is 0.229 e. The third-order valence-electron chi connectivity index (χ3n) is 6.28. The Labute approximate surface area is 198 Å². The summed E-state index contributed by atoms with van der Waals surface area (Å²) in [5.74, 6) is 1.98. The molecule has 4 aromatic rings. The van der Waals surface area contributed by atoms with Crippen molar-refractivity contribution in [2.45, 2.75) is 19.8 Å². The zero-order valence-electron chi connectivity index (χ0n) is 19.3. The quantitative estimate of drug-likeness (QED) is 0.324. The summed E-state index contributed by atoms with van der Waals surface area (Å²) < 4.78 is 28.3. The van der Waals surface area contributed by atoms with Crippen LogP contribution in [-0.4, -0.2) is 66.8 Å². The number of rotatable bonds is 8. The van der Waals surface area contributed by atoms with Gasteiger partial charge in [0, 0.05) is 48.7 Å². The number of furan rings is 1. The zero-order chi connectivity index (χ0) is 23.7. The first-order chi connectivity index (χ1) is 16.4. The maximum absolute atomic E-state index is 11.3. The number of H-pyrrole nitrogens is 1. The first-order valence-electron chi connectivity index (χ1n) is 11.5. The number of hydrogen-bond acceptors (Lipinski definition) is 9. The molecule has 34 heavy (non-hydrogen) atoms. The summed E-state index contributed by atoms with van der Waals surface area (Å²) >= 11 is 0. The molecule has 0 atom stereocenters. The molecule has 1 aliphatic heterocycles. The van der Waals surface area contributed by atoms with Crippen molar-refractivity contribution in [3.8, 4) is 0 Å². The molecule has 0 unspecified atom stereocenters. The van der Waals surface area contributed by atoms with Crippen LogP contribution < -0.4 is 15.5 Å². The highest BCUT2D eigenvalue weighted by molar-refractivity contribution is 7.90. The Hall–Kier alpha value is -3.18. The van der Waals surface area contributed by atoms with Crippen LogP contribution in [0.15, 0.2) is 34.9 Å². The van der Waals surface area contributed by atoms with Gasteiger partial charge < -0.3 is 20.0 Å². The van der Waals surface area contributed by atoms with Gasteiger partial charge in [-0.2, -0.15) is 10.1 Å². The second-order valence-electron chi connectivity index (χ2n) is 8.98. The van der Waals surface area contributed by atoms with Crippen molar-refractivity contribution in [3.05, 3.63) is 36.2 Å². The fourth-order valence-electron chi connectivity index (χ4n) is 4.38. The number of anilines is 3. The van der Waals surface area contributed by atoms with Crippen LogP contribution in [0.4, 0.5) is 17.5 Å². The zero-order valence-corrected chi connectivity index (χ0v) is 20.2. The van der Waals surface area contributed by atoms with E-state index in [1.54, 1.807) is 6.26 Å². The van der Waals surface area contributed by atoms with Gasteiger partial charge in [0.25, 0.3) is 0 Å². The number of nitrogens with zero attached hydrogens (tertiary/aromatic N) is 4. The lowest BCUT2D eigenvalue weighted by Gasteiger charge is -2.33. The average Bonchev–Trinajstić information content (AvgIpc) is 3.42. The van der Waals surface area contributed by atoms with Gasteiger partial charge in [-0.25, -0.2) is 13.4 Å². The Morgan fingerprint density at radius 2 is 2.00 bits per heavy atom. The highest BCUT2D eigenvalue weighted by Crippen LogP contribution is 2.31. The minimum absolute atomic E-state index is 0.172. The van der Waals surface area contributed by atoms with E-state index in [-0.39, 0.29) is 5.75 Å². The van der Waals surface area contributed by atoms with E-state index in [9.17, 15) is 8.42 Å². The van der Waals surface area contributed by atoms with Crippen molar-refractivity contribution in [2.24, 2.45) is 5.92 Å². The van der Waals surface area contributed by atoms with Crippen LogP contribution in [0.3, 0.4) is 0 Å². The molecule has 0 amide bonds. The number of hydrogen-bond donors (Lipinski definition) is 3. The van der Waals surface area contributed by atoms with E-state index in [0.29, 0.717) is 24.0 Å². The third kappa shape index (κ3) is 5.00. The molecular weight excluding hydrogens is 454 g/mol. The van der Waals surface area contributed by atoms with Gasteiger partial charge in [0.15, 0.2) is 11.4 Å². The number of sulfone groups is 1. The smallest absolute Gasteiger partial charge is 0.229 e. The molecule has 0 saturated carbocycles. The Bertz CT molecular complexity index is 1400. The van der Waals surface area contributed by atoms with Crippen molar-refractivity contribution in [3.63, 3.8) is 0 Å². The van der Waals surface area contributed by atoms with Crippen molar-refractivity contribution in [1.29, 1.82) is 0 Å². The normalized spacial score (nSPS) is 15.4. The second-order valence-corrected chi connectivity index (χ2v) is 11.2. The molecule has 3 N–H and O–H groups in total. The molecule has 0 spiro atoms. The van der Waals surface area contributed by atoms with Gasteiger partial charge in [-0.1, -0.05) is 0 Å². The molecule has 1 fully saturated rings. The topological polar surface area (TPSA) is 129 Å². The summed E-state index contributed by atoms with van der Waals surface area (Å²) in [6.45, 7) is 5.02. The molecule has 0 radical (unpaired) electrons. The van der Waals surface area contributed by atoms with E-state index < -0.39 is 9.84 Å². The number of aryl methyl sites for hydroxylation is 1. The molecule has 3 aromatic heterocycles. The summed E-state index contributed by atoms with van der Waals surface area (Å²) in [4.78, 5) is 11.7. The summed E-state index contributed by atoms with van der Waals surface area (Å²) in [6.07, 6.45) is 4.90. The molecule has 180 valence electrons. The number of benzene rings is 1. The molecule has 10 nitrogen and oxygen atoms in total. The minimum atomic E-state index is -2.93. The number of aromatic nitrogens is 4. The summed E-state index contributed by atoms with van der Waals surface area (Å²) in [5, 5.41) is 15.0. The number of piperidine rings is 1. The second kappa shape index (κ2) is 9.22. The summed E-state index contributed by atoms with van der Waals surface area (Å²) in [5.41, 5.74) is 4.24. The highest BCUT2D eigenvalue weighted by atomic mass is 32.2. The Kier molecular flexibility index (Phi) is 6.13. The van der Waals surface area contributed by atoms with Crippen molar-refractivity contribution < 1.29 is 12.8 Å². The molecular formula is C23H29N7O3S. The van der Waals surface area contributed by atoms with Gasteiger partial charge in [-0.3, -0.25) is 5.10 Å². The molecule has 0 bridgehead atoms. The van der Waals surface area contributed by atoms with Crippen LogP contribution in [0.25, 0.3) is 22.0 Å². The van der Waals surface area contributed by atoms with Crippen molar-refractivity contribution in [2.75, 3.05) is 48.4 Å². The summed E-state index contributed by atoms with van der Waals surface area (Å²) in [6, 6.07) is 7.85. The lowest BCUT2D eigenvalue weighted by atomic mass is 9.97. The van der Waals surface area contributed by atoms with Gasteiger partial charge in [-0.15, -0.1) is 0 Å². The van der Waals surface area contributed by atoms with E-state index in [4.69, 9.17) is 9.40 Å². The molecule has 1 saturated heterocycles. The predicted octanol–water partition coefficient (Wildman–Crippen LogP) is 3.00. The highest BCUT2D eigenvalue weighted by Gasteiger charge is 2.24. The number of aromatic amines is 1. The third-order valence-corrected chi connectivity index (χ3v) is 7.23. The van der Waals surface area contributed by atoms with Crippen LogP contribution in [0.1, 0.15) is 18.5 Å². The fraction of sp³-hybridized carbons (Fsp3) is 0.435. The van der Waals surface area contributed by atoms with Crippen LogP contribution in [-0.2, 0) is 9.84 Å². The van der Waals surface area contributed by atoms with Crippen molar-refractivity contribution in [1.82, 2.24) is 25.5 Å². The van der Waals surface area contributed by atoms with Gasteiger partial charge >= 0.3 is 0 Å².